The number of hydrogen-bond donors (Lipinski definition) is 2. The number of rotatable bonds is 5. The molecule has 0 aromatic heterocycles. The van der Waals surface area contributed by atoms with E-state index in [2.05, 4.69) is 15.5 Å². The topological polar surface area (TPSA) is 89.1 Å². The third-order valence-corrected chi connectivity index (χ3v) is 5.41. The molecular weight excluding hydrogens is 398 g/mol. The summed E-state index contributed by atoms with van der Waals surface area (Å²) in [5, 5.41) is 5.47. The molecule has 1 fully saturated rings. The lowest BCUT2D eigenvalue weighted by molar-refractivity contribution is -0.136. The molecule has 0 radical (unpaired) electrons. The summed E-state index contributed by atoms with van der Waals surface area (Å²) in [6.45, 7) is 7.12. The molecule has 1 atom stereocenters. The molecule has 2 heterocycles. The minimum absolute atomic E-state index is 0.114. The summed E-state index contributed by atoms with van der Waals surface area (Å²) in [5.74, 6) is 0.0468. The van der Waals surface area contributed by atoms with E-state index >= 15 is 0 Å². The smallest absolute Gasteiger partial charge is 0.313 e. The fourth-order valence-electron chi connectivity index (χ4n) is 3.97. The number of nitrogens with zero attached hydrogens (tertiary/aromatic N) is 1. The van der Waals surface area contributed by atoms with Gasteiger partial charge in [-0.1, -0.05) is 12.1 Å². The Labute approximate surface area is 181 Å². The van der Waals surface area contributed by atoms with E-state index < -0.39 is 11.8 Å². The van der Waals surface area contributed by atoms with Crippen molar-refractivity contribution < 1.29 is 23.8 Å². The van der Waals surface area contributed by atoms with Gasteiger partial charge in [0.15, 0.2) is 11.5 Å². The molecular formula is C23H27N3O5. The quantitative estimate of drug-likeness (QED) is 0.714. The number of morpholine rings is 1. The van der Waals surface area contributed by atoms with Crippen LogP contribution in [0.5, 0.6) is 11.5 Å². The van der Waals surface area contributed by atoms with E-state index in [4.69, 9.17) is 14.2 Å². The van der Waals surface area contributed by atoms with Crippen LogP contribution in [0, 0.1) is 13.8 Å². The first-order valence-corrected chi connectivity index (χ1v) is 10.4. The van der Waals surface area contributed by atoms with Crippen molar-refractivity contribution in [1.82, 2.24) is 10.2 Å². The first-order chi connectivity index (χ1) is 15.0. The molecule has 8 nitrogen and oxygen atoms in total. The second kappa shape index (κ2) is 9.36. The largest absolute Gasteiger partial charge is 0.454 e. The molecule has 2 aromatic rings. The van der Waals surface area contributed by atoms with Gasteiger partial charge in [0, 0.05) is 25.3 Å². The van der Waals surface area contributed by atoms with Crippen molar-refractivity contribution in [2.24, 2.45) is 0 Å². The number of carbonyl (C=O) groups excluding carboxylic acids is 2. The molecule has 164 valence electrons. The minimum atomic E-state index is -0.684. The van der Waals surface area contributed by atoms with Crippen LogP contribution in [0.4, 0.5) is 5.69 Å². The zero-order chi connectivity index (χ0) is 21.8. The lowest BCUT2D eigenvalue weighted by Gasteiger charge is -2.34. The Hall–Kier alpha value is -3.10. The third-order valence-electron chi connectivity index (χ3n) is 5.41. The summed E-state index contributed by atoms with van der Waals surface area (Å²) in [6, 6.07) is 11.3. The maximum atomic E-state index is 12.5. The molecule has 2 aromatic carbocycles. The highest BCUT2D eigenvalue weighted by atomic mass is 16.7. The van der Waals surface area contributed by atoms with Gasteiger partial charge in [-0.25, -0.2) is 0 Å². The number of aryl methyl sites for hydroxylation is 2. The van der Waals surface area contributed by atoms with Crippen LogP contribution in [-0.2, 0) is 14.3 Å². The predicted octanol–water partition coefficient (Wildman–Crippen LogP) is 2.16. The Morgan fingerprint density at radius 1 is 0.968 bits per heavy atom. The van der Waals surface area contributed by atoms with Gasteiger partial charge in [-0.15, -0.1) is 0 Å². The normalized spacial score (nSPS) is 16.6. The van der Waals surface area contributed by atoms with Crippen molar-refractivity contribution in [1.29, 1.82) is 0 Å². The average Bonchev–Trinajstić information content (AvgIpc) is 3.22. The maximum Gasteiger partial charge on any atom is 0.313 e. The molecule has 4 rings (SSSR count). The van der Waals surface area contributed by atoms with Gasteiger partial charge in [0.25, 0.3) is 0 Å². The van der Waals surface area contributed by atoms with E-state index in [0.29, 0.717) is 36.9 Å². The predicted molar refractivity (Wildman–Crippen MR) is 115 cm³/mol. The van der Waals surface area contributed by atoms with Crippen LogP contribution in [0.1, 0.15) is 22.7 Å². The highest BCUT2D eigenvalue weighted by molar-refractivity contribution is 6.39. The van der Waals surface area contributed by atoms with Gasteiger partial charge in [0.05, 0.1) is 19.3 Å². The van der Waals surface area contributed by atoms with Gasteiger partial charge < -0.3 is 24.8 Å². The molecule has 0 saturated carbocycles. The van der Waals surface area contributed by atoms with Crippen LogP contribution in [0.15, 0.2) is 36.4 Å². The molecule has 31 heavy (non-hydrogen) atoms. The second-order valence-electron chi connectivity index (χ2n) is 7.82. The Morgan fingerprint density at radius 3 is 2.42 bits per heavy atom. The van der Waals surface area contributed by atoms with Crippen LogP contribution in [0.3, 0.4) is 0 Å². The molecule has 8 heteroatoms. The summed E-state index contributed by atoms with van der Waals surface area (Å²) < 4.78 is 16.4. The standard InChI is InChI=1S/C23H27N3O5/c1-15-9-16(2)11-18(10-15)25-23(28)22(27)24-13-19(26-5-7-29-8-6-26)17-3-4-20-21(12-17)31-14-30-20/h3-4,9-12,19H,5-8,13-14H2,1-2H3,(H,24,27)(H,25,28)/t19-/m1/s1. The molecule has 0 spiro atoms. The summed E-state index contributed by atoms with van der Waals surface area (Å²) in [5.41, 5.74) is 3.64. The van der Waals surface area contributed by atoms with E-state index in [0.717, 1.165) is 29.8 Å². The highest BCUT2D eigenvalue weighted by Gasteiger charge is 2.26. The first-order valence-electron chi connectivity index (χ1n) is 10.4. The van der Waals surface area contributed by atoms with E-state index in [1.165, 1.54) is 0 Å². The van der Waals surface area contributed by atoms with E-state index in [9.17, 15) is 9.59 Å². The summed E-state index contributed by atoms with van der Waals surface area (Å²) in [4.78, 5) is 27.2. The number of anilines is 1. The number of nitrogens with one attached hydrogen (secondary N) is 2. The van der Waals surface area contributed by atoms with Crippen LogP contribution in [-0.4, -0.2) is 56.4 Å². The average molecular weight is 425 g/mol. The zero-order valence-corrected chi connectivity index (χ0v) is 17.8. The second-order valence-corrected chi connectivity index (χ2v) is 7.82. The number of fused-ring (bicyclic) bond motifs is 1. The van der Waals surface area contributed by atoms with Gasteiger partial charge in [-0.2, -0.15) is 0 Å². The van der Waals surface area contributed by atoms with Crippen molar-refractivity contribution in [3.8, 4) is 11.5 Å². The molecule has 0 aliphatic carbocycles. The number of benzene rings is 2. The van der Waals surface area contributed by atoms with Crippen molar-refractivity contribution in [2.75, 3.05) is 45.0 Å². The van der Waals surface area contributed by atoms with E-state index in [-0.39, 0.29) is 12.8 Å². The van der Waals surface area contributed by atoms with Crippen LogP contribution >= 0.6 is 0 Å². The van der Waals surface area contributed by atoms with Gasteiger partial charge in [-0.05, 0) is 54.8 Å². The van der Waals surface area contributed by atoms with E-state index in [1.807, 2.05) is 50.2 Å². The van der Waals surface area contributed by atoms with Crippen molar-refractivity contribution in [2.45, 2.75) is 19.9 Å². The van der Waals surface area contributed by atoms with Crippen LogP contribution in [0.25, 0.3) is 0 Å². The zero-order valence-electron chi connectivity index (χ0n) is 17.8. The summed E-state index contributed by atoms with van der Waals surface area (Å²) in [7, 11) is 0. The molecule has 2 aliphatic heterocycles. The highest BCUT2D eigenvalue weighted by Crippen LogP contribution is 2.35. The number of ether oxygens (including phenoxy) is 3. The number of hydrogen-bond acceptors (Lipinski definition) is 6. The van der Waals surface area contributed by atoms with Gasteiger partial charge in [-0.3, -0.25) is 14.5 Å². The third kappa shape index (κ3) is 5.15. The van der Waals surface area contributed by atoms with Crippen molar-refractivity contribution in [3.05, 3.63) is 53.1 Å². The molecule has 1 saturated heterocycles. The Bertz CT molecular complexity index is 951. The van der Waals surface area contributed by atoms with Crippen molar-refractivity contribution >= 4 is 17.5 Å². The lowest BCUT2D eigenvalue weighted by Crippen LogP contribution is -2.45. The Balaban J connectivity index is 1.44. The monoisotopic (exact) mass is 425 g/mol. The molecule has 0 unspecified atom stereocenters. The fraction of sp³-hybridized carbons (Fsp3) is 0.391. The maximum absolute atomic E-state index is 12.5. The van der Waals surface area contributed by atoms with Gasteiger partial charge >= 0.3 is 11.8 Å². The van der Waals surface area contributed by atoms with Crippen molar-refractivity contribution in [3.63, 3.8) is 0 Å². The van der Waals surface area contributed by atoms with E-state index in [1.54, 1.807) is 0 Å². The Morgan fingerprint density at radius 2 is 1.68 bits per heavy atom. The van der Waals surface area contributed by atoms with Crippen LogP contribution in [0.2, 0.25) is 0 Å². The SMILES string of the molecule is Cc1cc(C)cc(NC(=O)C(=O)NC[C@H](c2ccc3c(c2)OCO3)N2CCOCC2)c1. The first kappa shape index (κ1) is 21.1. The summed E-state index contributed by atoms with van der Waals surface area (Å²) in [6.07, 6.45) is 0. The molecule has 2 amide bonds. The van der Waals surface area contributed by atoms with Crippen LogP contribution < -0.4 is 20.1 Å². The summed E-state index contributed by atoms with van der Waals surface area (Å²) >= 11 is 0. The molecule has 0 bridgehead atoms. The number of amides is 2. The minimum Gasteiger partial charge on any atom is -0.454 e. The molecule has 2 N–H and O–H groups in total. The van der Waals surface area contributed by atoms with Gasteiger partial charge in [0.1, 0.15) is 0 Å². The van der Waals surface area contributed by atoms with Gasteiger partial charge in [0.2, 0.25) is 6.79 Å². The fourth-order valence-corrected chi connectivity index (χ4v) is 3.97. The Kier molecular flexibility index (Phi) is 6.39. The lowest BCUT2D eigenvalue weighted by atomic mass is 10.0. The molecule has 2 aliphatic rings. The number of carbonyl (C=O) groups is 2.